The monoisotopic (exact) mass is 210 g/mol. The van der Waals surface area contributed by atoms with Gasteiger partial charge in [0, 0.05) is 5.56 Å². The van der Waals surface area contributed by atoms with Gasteiger partial charge in [0.05, 0.1) is 0 Å². The Kier molecular flexibility index (Phi) is 1.86. The summed E-state index contributed by atoms with van der Waals surface area (Å²) in [5.41, 5.74) is 1.45. The minimum atomic E-state index is 0.824. The molecule has 4 aliphatic rings. The summed E-state index contributed by atoms with van der Waals surface area (Å²) in [6, 6.07) is 12.9. The van der Waals surface area contributed by atoms with Gasteiger partial charge in [0.2, 0.25) is 0 Å². The first-order valence-corrected chi connectivity index (χ1v) is 6.78. The molecule has 0 unspecified atom stereocenters. The van der Waals surface area contributed by atoms with E-state index in [1.54, 1.807) is 6.42 Å². The molecule has 82 valence electrons. The summed E-state index contributed by atoms with van der Waals surface area (Å²) < 4.78 is 0. The first-order chi connectivity index (χ1) is 7.90. The lowest BCUT2D eigenvalue weighted by atomic mass is 9.51. The quantitative estimate of drug-likeness (QED) is 0.661. The van der Waals surface area contributed by atoms with Crippen molar-refractivity contribution >= 4 is 0 Å². The lowest BCUT2D eigenvalue weighted by Crippen LogP contribution is -2.43. The molecule has 4 aliphatic carbocycles. The fourth-order valence-corrected chi connectivity index (χ4v) is 4.99. The van der Waals surface area contributed by atoms with Gasteiger partial charge in [0.15, 0.2) is 0 Å². The predicted octanol–water partition coefficient (Wildman–Crippen LogP) is 3.83. The van der Waals surface area contributed by atoms with Gasteiger partial charge >= 0.3 is 0 Å². The van der Waals surface area contributed by atoms with Crippen LogP contribution in [-0.4, -0.2) is 0 Å². The van der Waals surface area contributed by atoms with Crippen LogP contribution < -0.4 is 0 Å². The Morgan fingerprint density at radius 3 is 2.19 bits per heavy atom. The fraction of sp³-hybridized carbons (Fsp3) is 0.625. The van der Waals surface area contributed by atoms with E-state index < -0.39 is 0 Å². The second-order valence-corrected chi connectivity index (χ2v) is 6.21. The Labute approximate surface area is 98.1 Å². The molecule has 0 heteroatoms. The summed E-state index contributed by atoms with van der Waals surface area (Å²) in [6.07, 6.45) is 7.55. The van der Waals surface area contributed by atoms with Gasteiger partial charge in [0.1, 0.15) is 0 Å². The summed E-state index contributed by atoms with van der Waals surface area (Å²) in [7, 11) is 0. The summed E-state index contributed by atoms with van der Waals surface area (Å²) in [4.78, 5) is 0. The lowest BCUT2D eigenvalue weighted by molar-refractivity contribution is -0.00277. The minimum absolute atomic E-state index is 0.824. The Morgan fingerprint density at radius 1 is 0.938 bits per heavy atom. The maximum absolute atomic E-state index is 3.37. The molecule has 1 aromatic rings. The number of hydrogen-bond donors (Lipinski definition) is 0. The van der Waals surface area contributed by atoms with Crippen LogP contribution in [0.2, 0.25) is 0 Å². The van der Waals surface area contributed by atoms with Crippen LogP contribution in [0.4, 0.5) is 0 Å². The van der Waals surface area contributed by atoms with E-state index in [-0.39, 0.29) is 0 Å². The maximum Gasteiger partial charge on any atom is 0.00605 e. The molecular formula is C16H18. The Bertz CT molecular complexity index is 350. The topological polar surface area (TPSA) is 0 Å². The van der Waals surface area contributed by atoms with Crippen molar-refractivity contribution in [1.82, 2.24) is 0 Å². The lowest BCUT2D eigenvalue weighted by Gasteiger charge is -2.54. The summed E-state index contributed by atoms with van der Waals surface area (Å²) in [5, 5.41) is 0. The van der Waals surface area contributed by atoms with E-state index in [4.69, 9.17) is 0 Å². The highest BCUT2D eigenvalue weighted by atomic mass is 14.5. The third-order valence-corrected chi connectivity index (χ3v) is 5.26. The molecule has 4 fully saturated rings. The average molecular weight is 210 g/mol. The standard InChI is InChI=1S/C16H18/c1-2-4-13(5-3-1)16-14-7-11-6-12(9-14)10-15(16)8-11/h1-2,4,11-12,14-16H,6-10H2. The SMILES string of the molecule is c1cccc(C2C3CC4CC(C3)CC2C4)c#1. The molecule has 1 aromatic carbocycles. The van der Waals surface area contributed by atoms with Crippen LogP contribution in [0, 0.1) is 35.8 Å². The van der Waals surface area contributed by atoms with Gasteiger partial charge in [0.25, 0.3) is 0 Å². The van der Waals surface area contributed by atoms with E-state index in [0.29, 0.717) is 0 Å². The van der Waals surface area contributed by atoms with Crippen molar-refractivity contribution in [2.45, 2.75) is 38.0 Å². The molecule has 4 saturated carbocycles. The molecule has 0 amide bonds. The smallest absolute Gasteiger partial charge is 0.00605 e. The van der Waals surface area contributed by atoms with Gasteiger partial charge in [-0.05, 0) is 73.8 Å². The second kappa shape index (κ2) is 3.27. The highest BCUT2D eigenvalue weighted by Crippen LogP contribution is 2.59. The zero-order valence-electron chi connectivity index (χ0n) is 9.65. The summed E-state index contributed by atoms with van der Waals surface area (Å²) >= 11 is 0. The van der Waals surface area contributed by atoms with Gasteiger partial charge in [-0.15, -0.1) is 0 Å². The van der Waals surface area contributed by atoms with Gasteiger partial charge in [-0.1, -0.05) is 18.2 Å². The highest BCUT2D eigenvalue weighted by molar-refractivity contribution is 5.20. The van der Waals surface area contributed by atoms with Gasteiger partial charge in [-0.2, -0.15) is 0 Å². The van der Waals surface area contributed by atoms with Crippen molar-refractivity contribution in [3.63, 3.8) is 0 Å². The molecule has 16 heavy (non-hydrogen) atoms. The zero-order valence-corrected chi connectivity index (χ0v) is 9.65. The third kappa shape index (κ3) is 1.24. The summed E-state index contributed by atoms with van der Waals surface area (Å²) in [5.74, 6) is 4.93. The predicted molar refractivity (Wildman–Crippen MR) is 63.9 cm³/mol. The van der Waals surface area contributed by atoms with Gasteiger partial charge < -0.3 is 0 Å². The molecule has 0 saturated heterocycles. The molecule has 0 radical (unpaired) electrons. The van der Waals surface area contributed by atoms with Crippen LogP contribution in [-0.2, 0) is 0 Å². The number of rotatable bonds is 1. The Balaban J connectivity index is 1.70. The van der Waals surface area contributed by atoms with Gasteiger partial charge in [-0.25, -0.2) is 0 Å². The van der Waals surface area contributed by atoms with E-state index in [1.165, 1.54) is 31.2 Å². The molecule has 5 rings (SSSR count). The van der Waals surface area contributed by atoms with Crippen LogP contribution in [0.1, 0.15) is 43.6 Å². The Morgan fingerprint density at radius 2 is 1.62 bits per heavy atom. The normalized spacial score (nSPS) is 44.4. The molecule has 0 atom stereocenters. The maximum atomic E-state index is 3.37. The average Bonchev–Trinajstić information content (AvgIpc) is 2.29. The number of hydrogen-bond acceptors (Lipinski definition) is 0. The van der Waals surface area contributed by atoms with E-state index >= 15 is 0 Å². The van der Waals surface area contributed by atoms with Crippen LogP contribution in [0.3, 0.4) is 0 Å². The van der Waals surface area contributed by atoms with E-state index in [0.717, 1.165) is 29.6 Å². The first kappa shape index (κ1) is 9.11. The molecule has 0 N–H and O–H groups in total. The second-order valence-electron chi connectivity index (χ2n) is 6.21. The molecule has 0 spiro atoms. The zero-order chi connectivity index (χ0) is 10.5. The van der Waals surface area contributed by atoms with E-state index in [2.05, 4.69) is 24.3 Å². The molecule has 0 aromatic heterocycles. The Hall–Kier alpha value is -0.960. The van der Waals surface area contributed by atoms with Crippen molar-refractivity contribution in [3.8, 4) is 0 Å². The third-order valence-electron chi connectivity index (χ3n) is 5.26. The summed E-state index contributed by atoms with van der Waals surface area (Å²) in [6.45, 7) is 0. The van der Waals surface area contributed by atoms with Crippen molar-refractivity contribution < 1.29 is 0 Å². The van der Waals surface area contributed by atoms with Gasteiger partial charge in [-0.3, -0.25) is 0 Å². The van der Waals surface area contributed by atoms with E-state index in [1.807, 2.05) is 6.07 Å². The molecular weight excluding hydrogens is 192 g/mol. The van der Waals surface area contributed by atoms with Crippen molar-refractivity contribution in [2.75, 3.05) is 0 Å². The van der Waals surface area contributed by atoms with Crippen LogP contribution in [0.15, 0.2) is 18.2 Å². The highest BCUT2D eigenvalue weighted by Gasteiger charge is 2.48. The van der Waals surface area contributed by atoms with Crippen molar-refractivity contribution in [2.24, 2.45) is 23.7 Å². The van der Waals surface area contributed by atoms with Crippen molar-refractivity contribution in [3.05, 3.63) is 35.9 Å². The largest absolute Gasteiger partial charge is 0.0699 e. The fourth-order valence-electron chi connectivity index (χ4n) is 4.99. The van der Waals surface area contributed by atoms with Crippen LogP contribution in [0.5, 0.6) is 0 Å². The van der Waals surface area contributed by atoms with Crippen LogP contribution in [0.25, 0.3) is 0 Å². The van der Waals surface area contributed by atoms with Crippen molar-refractivity contribution in [1.29, 1.82) is 0 Å². The molecule has 0 heterocycles. The van der Waals surface area contributed by atoms with Crippen LogP contribution >= 0.6 is 0 Å². The minimum Gasteiger partial charge on any atom is -0.0699 e. The first-order valence-electron chi connectivity index (χ1n) is 6.78. The molecule has 0 aliphatic heterocycles. The van der Waals surface area contributed by atoms with E-state index in [9.17, 15) is 0 Å². The molecule has 0 nitrogen and oxygen atoms in total. The molecule has 4 bridgehead atoms.